The minimum atomic E-state index is -2.81. The highest BCUT2D eigenvalue weighted by Gasteiger charge is 2.42. The van der Waals surface area contributed by atoms with Crippen molar-refractivity contribution in [2.45, 2.75) is 45.7 Å². The Labute approximate surface area is 269 Å². The lowest BCUT2D eigenvalue weighted by atomic mass is 9.95. The summed E-state index contributed by atoms with van der Waals surface area (Å²) >= 11 is 6.77. The maximum atomic E-state index is 17.4. The van der Waals surface area contributed by atoms with E-state index in [-0.39, 0.29) is 70.5 Å². The summed E-state index contributed by atoms with van der Waals surface area (Å²) < 4.78 is 59.3. The Bertz CT molecular complexity index is 2050. The molecule has 4 aromatic rings. The highest BCUT2D eigenvalue weighted by atomic mass is 35.5. The summed E-state index contributed by atoms with van der Waals surface area (Å²) in [5, 5.41) is 10.5. The number of benzene rings is 2. The Kier molecular flexibility index (Phi) is 6.68. The van der Waals surface area contributed by atoms with Gasteiger partial charge in [0.25, 0.3) is 5.56 Å². The summed E-state index contributed by atoms with van der Waals surface area (Å²) in [6.45, 7) is 8.20. The number of piperazine rings is 1. The van der Waals surface area contributed by atoms with Gasteiger partial charge in [0.2, 0.25) is 5.91 Å². The highest BCUT2D eigenvalue weighted by molar-refractivity contribution is 6.34. The molecule has 0 radical (unpaired) electrons. The molecule has 234 valence electrons. The van der Waals surface area contributed by atoms with Crippen molar-refractivity contribution in [2.24, 2.45) is 0 Å². The van der Waals surface area contributed by atoms with Crippen LogP contribution in [-0.2, 0) is 4.79 Å². The number of phenols is 1. The molecule has 0 aliphatic carbocycles. The Morgan fingerprint density at radius 1 is 1.18 bits per heavy atom. The summed E-state index contributed by atoms with van der Waals surface area (Å²) in [4.78, 5) is 36.7. The van der Waals surface area contributed by atoms with Crippen LogP contribution in [0.4, 0.5) is 20.2 Å². The van der Waals surface area contributed by atoms with Crippen molar-refractivity contribution >= 4 is 39.8 Å². The lowest BCUT2D eigenvalue weighted by molar-refractivity contribution is -0.128. The molecular formula is C34H34ClF2N5O3. The first-order valence-corrected chi connectivity index (χ1v) is 15.0. The number of pyridine rings is 2. The molecule has 1 N–H and O–H groups in total. The van der Waals surface area contributed by atoms with Gasteiger partial charge in [-0.3, -0.25) is 19.1 Å². The van der Waals surface area contributed by atoms with E-state index in [1.807, 2.05) is 25.7 Å². The molecule has 0 bridgehead atoms. The second-order valence-electron chi connectivity index (χ2n) is 11.9. The summed E-state index contributed by atoms with van der Waals surface area (Å²) in [6, 6.07) is 5.56. The molecule has 45 heavy (non-hydrogen) atoms. The molecule has 2 aliphatic heterocycles. The Morgan fingerprint density at radius 3 is 2.60 bits per heavy atom. The van der Waals surface area contributed by atoms with Gasteiger partial charge in [0.05, 0.1) is 39.2 Å². The molecule has 0 unspecified atom stereocenters. The van der Waals surface area contributed by atoms with Crippen LogP contribution in [0, 0.1) is 18.6 Å². The number of hydrogen-bond acceptors (Lipinski definition) is 6. The van der Waals surface area contributed by atoms with Crippen LogP contribution in [0.1, 0.15) is 42.1 Å². The van der Waals surface area contributed by atoms with Crippen LogP contribution in [0.3, 0.4) is 0 Å². The molecular weight excluding hydrogens is 600 g/mol. The number of carbonyl (C=O) groups is 1. The Morgan fingerprint density at radius 2 is 1.93 bits per heavy atom. The zero-order valence-corrected chi connectivity index (χ0v) is 26.0. The van der Waals surface area contributed by atoms with Crippen molar-refractivity contribution < 1.29 is 22.8 Å². The molecule has 6 rings (SSSR count). The number of fused-ring (bicyclic) bond motifs is 5. The molecule has 0 spiro atoms. The molecule has 1 amide bonds. The zero-order chi connectivity index (χ0) is 35.0. The number of aromatic nitrogens is 2. The number of carbonyl (C=O) groups excluding carboxylic acids is 1. The molecule has 4 heterocycles. The third kappa shape index (κ3) is 4.65. The fourth-order valence-electron chi connectivity index (χ4n) is 6.66. The van der Waals surface area contributed by atoms with Gasteiger partial charge in [0.1, 0.15) is 17.3 Å². The van der Waals surface area contributed by atoms with Crippen molar-refractivity contribution in [2.75, 3.05) is 36.4 Å². The van der Waals surface area contributed by atoms with Gasteiger partial charge in [0, 0.05) is 53.9 Å². The third-order valence-corrected chi connectivity index (χ3v) is 9.01. The molecule has 1 saturated heterocycles. The van der Waals surface area contributed by atoms with E-state index >= 15 is 13.6 Å². The van der Waals surface area contributed by atoms with E-state index in [1.54, 1.807) is 24.1 Å². The van der Waals surface area contributed by atoms with E-state index in [0.29, 0.717) is 11.3 Å². The van der Waals surface area contributed by atoms with E-state index in [9.17, 15) is 9.90 Å². The SMILES string of the molecule is [2H]C([2H])([2H])N1C[C@H]2CN(C(=O)C=C)[C@H](C)CN2c2c1c(=O)n(-c1c(C)ccnc1C(C)C)c1c(F)c(-c3c(O)cccc3F)c(Cl)cc21. The maximum Gasteiger partial charge on any atom is 0.281 e. The van der Waals surface area contributed by atoms with Crippen LogP contribution in [0.15, 0.2) is 54.0 Å². The molecule has 8 nitrogen and oxygen atoms in total. The number of aryl methyl sites for hydroxylation is 1. The van der Waals surface area contributed by atoms with Gasteiger partial charge in [-0.15, -0.1) is 0 Å². The molecule has 0 saturated carbocycles. The van der Waals surface area contributed by atoms with Gasteiger partial charge in [-0.2, -0.15) is 0 Å². The second-order valence-corrected chi connectivity index (χ2v) is 12.3. The first kappa shape index (κ1) is 26.9. The predicted octanol–water partition coefficient (Wildman–Crippen LogP) is 6.16. The molecule has 1 fully saturated rings. The van der Waals surface area contributed by atoms with Crippen LogP contribution < -0.4 is 15.4 Å². The maximum absolute atomic E-state index is 17.4. The number of likely N-dealkylation sites (N-methyl/N-ethyl adjacent to an activating group) is 1. The summed E-state index contributed by atoms with van der Waals surface area (Å²) in [7, 11) is 0. The van der Waals surface area contributed by atoms with Gasteiger partial charge in [-0.25, -0.2) is 8.78 Å². The quantitative estimate of drug-likeness (QED) is 0.270. The number of nitrogens with zero attached hydrogens (tertiary/aromatic N) is 5. The first-order valence-electron chi connectivity index (χ1n) is 16.1. The van der Waals surface area contributed by atoms with Crippen LogP contribution in [0.5, 0.6) is 5.75 Å². The normalized spacial score (nSPS) is 19.2. The number of aromatic hydroxyl groups is 1. The first-order chi connectivity index (χ1) is 22.6. The Balaban J connectivity index is 1.82. The molecule has 2 aromatic heterocycles. The average Bonchev–Trinajstić information content (AvgIpc) is 3.01. The number of phenolic OH excluding ortho intramolecular Hbond substituents is 1. The minimum absolute atomic E-state index is 0.0966. The monoisotopic (exact) mass is 636 g/mol. The highest BCUT2D eigenvalue weighted by Crippen LogP contribution is 2.47. The smallest absolute Gasteiger partial charge is 0.281 e. The predicted molar refractivity (Wildman–Crippen MR) is 174 cm³/mol. The van der Waals surface area contributed by atoms with Crippen LogP contribution in [0.2, 0.25) is 5.02 Å². The average molecular weight is 637 g/mol. The molecule has 2 atom stereocenters. The van der Waals surface area contributed by atoms with Crippen LogP contribution in [0.25, 0.3) is 27.7 Å². The Hall–Kier alpha value is -4.44. The molecule has 2 aromatic carbocycles. The van der Waals surface area contributed by atoms with Crippen molar-refractivity contribution in [3.05, 3.63) is 87.5 Å². The van der Waals surface area contributed by atoms with Crippen molar-refractivity contribution in [3.63, 3.8) is 0 Å². The third-order valence-electron chi connectivity index (χ3n) is 8.72. The standard InChI is InChI=1S/C34H34ClF2N5O3/c1-7-25(44)40-16-20-15-39(6)33-32(41(20)14-19(40)5)21-13-22(35)26(27-23(36)9-8-10-24(27)43)28(37)31(21)42(34(33)45)30-18(4)11-12-38-29(30)17(2)3/h7-13,17,19-20,43H,1,14-16H2,2-6H3/t19-,20+/m1/s1/i6D3. The van der Waals surface area contributed by atoms with E-state index in [4.69, 9.17) is 15.7 Å². The lowest BCUT2D eigenvalue weighted by Gasteiger charge is -2.51. The van der Waals surface area contributed by atoms with E-state index in [1.165, 1.54) is 24.3 Å². The summed E-state index contributed by atoms with van der Waals surface area (Å²) in [5.74, 6) is -3.17. The van der Waals surface area contributed by atoms with Crippen molar-refractivity contribution in [3.8, 4) is 22.6 Å². The molecule has 2 aliphatic rings. The molecule has 11 heteroatoms. The zero-order valence-electron chi connectivity index (χ0n) is 28.2. The minimum Gasteiger partial charge on any atom is -0.507 e. The number of amides is 1. The van der Waals surface area contributed by atoms with Crippen molar-refractivity contribution in [1.29, 1.82) is 0 Å². The van der Waals surface area contributed by atoms with Gasteiger partial charge < -0.3 is 19.8 Å². The van der Waals surface area contributed by atoms with Crippen LogP contribution in [-0.4, -0.2) is 64.2 Å². The van der Waals surface area contributed by atoms with Gasteiger partial charge in [-0.1, -0.05) is 38.1 Å². The second kappa shape index (κ2) is 11.2. The fourth-order valence-corrected chi connectivity index (χ4v) is 6.95. The van der Waals surface area contributed by atoms with Gasteiger partial charge in [-0.05, 0) is 55.7 Å². The van der Waals surface area contributed by atoms with Gasteiger partial charge in [0.15, 0.2) is 5.82 Å². The summed E-state index contributed by atoms with van der Waals surface area (Å²) in [5.41, 5.74) is -0.873. The van der Waals surface area contributed by atoms with Crippen molar-refractivity contribution in [1.82, 2.24) is 14.5 Å². The lowest BCUT2D eigenvalue weighted by Crippen LogP contribution is -2.64. The summed E-state index contributed by atoms with van der Waals surface area (Å²) in [6.07, 6.45) is 2.76. The van der Waals surface area contributed by atoms with Crippen LogP contribution >= 0.6 is 11.6 Å². The number of anilines is 2. The van der Waals surface area contributed by atoms with E-state index in [0.717, 1.165) is 15.5 Å². The van der Waals surface area contributed by atoms with E-state index < -0.39 is 47.1 Å². The number of halogens is 3. The largest absolute Gasteiger partial charge is 0.507 e. The topological polar surface area (TPSA) is 81.9 Å². The van der Waals surface area contributed by atoms with Gasteiger partial charge >= 0.3 is 0 Å². The van der Waals surface area contributed by atoms with E-state index in [2.05, 4.69) is 11.6 Å². The number of hydrogen-bond donors (Lipinski definition) is 1. The number of rotatable bonds is 4. The fraction of sp³-hybridized carbons (Fsp3) is 0.324.